The van der Waals surface area contributed by atoms with Crippen molar-refractivity contribution in [2.45, 2.75) is 6.92 Å². The van der Waals surface area contributed by atoms with Crippen molar-refractivity contribution in [2.75, 3.05) is 19.0 Å². The van der Waals surface area contributed by atoms with Gasteiger partial charge in [0.15, 0.2) is 5.78 Å². The zero-order valence-corrected chi connectivity index (χ0v) is 19.2. The second-order valence-electron chi connectivity index (χ2n) is 6.93. The van der Waals surface area contributed by atoms with Crippen LogP contribution in [0.4, 0.5) is 0 Å². The SMILES string of the molecule is COc1ccc2c(C(=O)c3ccc(OCCBr)cc3)c(-c3ccc(C)cc3)sc2c1. The Morgan fingerprint density at radius 3 is 2.33 bits per heavy atom. The van der Waals surface area contributed by atoms with Gasteiger partial charge in [-0.3, -0.25) is 4.79 Å². The molecule has 0 radical (unpaired) electrons. The molecule has 0 bridgehead atoms. The van der Waals surface area contributed by atoms with Gasteiger partial charge in [-0.05, 0) is 55.0 Å². The van der Waals surface area contributed by atoms with Gasteiger partial charge in [0.25, 0.3) is 0 Å². The number of benzene rings is 3. The largest absolute Gasteiger partial charge is 0.497 e. The fraction of sp³-hybridized carbons (Fsp3) is 0.160. The fourth-order valence-corrected chi connectivity index (χ4v) is 4.74. The van der Waals surface area contributed by atoms with E-state index in [1.807, 2.05) is 42.5 Å². The normalized spacial score (nSPS) is 10.9. The molecule has 0 aliphatic rings. The van der Waals surface area contributed by atoms with E-state index in [-0.39, 0.29) is 5.78 Å². The molecule has 0 unspecified atom stereocenters. The molecule has 1 aromatic heterocycles. The molecule has 1 heterocycles. The summed E-state index contributed by atoms with van der Waals surface area (Å²) < 4.78 is 12.0. The molecule has 5 heteroatoms. The number of ketones is 1. The van der Waals surface area contributed by atoms with Gasteiger partial charge in [-0.25, -0.2) is 0 Å². The highest BCUT2D eigenvalue weighted by molar-refractivity contribution is 9.09. The van der Waals surface area contributed by atoms with Crippen LogP contribution in [0.25, 0.3) is 20.5 Å². The number of hydrogen-bond donors (Lipinski definition) is 0. The van der Waals surface area contributed by atoms with Crippen LogP contribution in [-0.4, -0.2) is 24.8 Å². The van der Waals surface area contributed by atoms with Crippen LogP contribution in [0, 0.1) is 6.92 Å². The number of ether oxygens (including phenoxy) is 2. The average molecular weight is 481 g/mol. The second kappa shape index (κ2) is 9.02. The van der Waals surface area contributed by atoms with Crippen LogP contribution in [0.1, 0.15) is 21.5 Å². The third-order valence-electron chi connectivity index (χ3n) is 4.90. The van der Waals surface area contributed by atoms with E-state index in [4.69, 9.17) is 9.47 Å². The Morgan fingerprint density at radius 2 is 1.67 bits per heavy atom. The summed E-state index contributed by atoms with van der Waals surface area (Å²) in [5.41, 5.74) is 3.61. The molecule has 0 saturated heterocycles. The molecule has 0 spiro atoms. The third-order valence-corrected chi connectivity index (χ3v) is 6.43. The van der Waals surface area contributed by atoms with Crippen molar-refractivity contribution < 1.29 is 14.3 Å². The maximum atomic E-state index is 13.6. The zero-order valence-electron chi connectivity index (χ0n) is 16.8. The van der Waals surface area contributed by atoms with Gasteiger partial charge in [-0.15, -0.1) is 11.3 Å². The highest BCUT2D eigenvalue weighted by Gasteiger charge is 2.22. The summed E-state index contributed by atoms with van der Waals surface area (Å²) in [6, 6.07) is 21.5. The van der Waals surface area contributed by atoms with E-state index in [1.165, 1.54) is 5.56 Å². The number of aryl methyl sites for hydroxylation is 1. The topological polar surface area (TPSA) is 35.5 Å². The van der Waals surface area contributed by atoms with Crippen molar-refractivity contribution >= 4 is 43.1 Å². The summed E-state index contributed by atoms with van der Waals surface area (Å²) in [5, 5.41) is 1.71. The van der Waals surface area contributed by atoms with E-state index in [1.54, 1.807) is 18.4 Å². The fourth-order valence-electron chi connectivity index (χ4n) is 3.34. The predicted molar refractivity (Wildman–Crippen MR) is 128 cm³/mol. The maximum Gasteiger partial charge on any atom is 0.195 e. The molecular weight excluding hydrogens is 460 g/mol. The van der Waals surface area contributed by atoms with E-state index in [2.05, 4.69) is 47.1 Å². The van der Waals surface area contributed by atoms with E-state index < -0.39 is 0 Å². The Balaban J connectivity index is 1.82. The van der Waals surface area contributed by atoms with Crippen molar-refractivity contribution in [3.05, 3.63) is 83.4 Å². The molecule has 0 saturated carbocycles. The van der Waals surface area contributed by atoms with Crippen molar-refractivity contribution in [3.63, 3.8) is 0 Å². The summed E-state index contributed by atoms with van der Waals surface area (Å²) in [6.45, 7) is 2.65. The Labute approximate surface area is 188 Å². The van der Waals surface area contributed by atoms with Crippen molar-refractivity contribution in [3.8, 4) is 21.9 Å². The molecule has 0 aliphatic carbocycles. The van der Waals surface area contributed by atoms with Crippen LogP contribution in [0.2, 0.25) is 0 Å². The first-order chi connectivity index (χ1) is 14.6. The highest BCUT2D eigenvalue weighted by atomic mass is 79.9. The summed E-state index contributed by atoms with van der Waals surface area (Å²) in [4.78, 5) is 14.6. The summed E-state index contributed by atoms with van der Waals surface area (Å²) >= 11 is 4.97. The number of carbonyl (C=O) groups is 1. The number of halogens is 1. The van der Waals surface area contributed by atoms with Gasteiger partial charge in [0.2, 0.25) is 0 Å². The zero-order chi connectivity index (χ0) is 21.1. The minimum atomic E-state index is 0.00836. The first kappa shape index (κ1) is 20.6. The van der Waals surface area contributed by atoms with Gasteiger partial charge < -0.3 is 9.47 Å². The number of methoxy groups -OCH3 is 1. The predicted octanol–water partition coefficient (Wildman–Crippen LogP) is 6.89. The van der Waals surface area contributed by atoms with Gasteiger partial charge in [-0.1, -0.05) is 45.8 Å². The summed E-state index contributed by atoms with van der Waals surface area (Å²) in [5.74, 6) is 1.55. The molecule has 3 nitrogen and oxygen atoms in total. The van der Waals surface area contributed by atoms with Gasteiger partial charge in [0.1, 0.15) is 11.5 Å². The number of hydrogen-bond acceptors (Lipinski definition) is 4. The Morgan fingerprint density at radius 1 is 0.967 bits per heavy atom. The van der Waals surface area contributed by atoms with Gasteiger partial charge in [0.05, 0.1) is 13.7 Å². The first-order valence-corrected chi connectivity index (χ1v) is 11.6. The minimum absolute atomic E-state index is 0.00836. The standard InChI is InChI=1S/C25H21BrO3S/c1-16-3-5-18(6-4-16)25-23(21-12-11-20(28-2)15-22(21)30-25)24(27)17-7-9-19(10-8-17)29-14-13-26/h3-12,15H,13-14H2,1-2H3. The molecule has 4 rings (SSSR count). The maximum absolute atomic E-state index is 13.6. The molecule has 0 N–H and O–H groups in total. The van der Waals surface area contributed by atoms with E-state index in [9.17, 15) is 4.79 Å². The van der Waals surface area contributed by atoms with Crippen molar-refractivity contribution in [1.82, 2.24) is 0 Å². The Kier molecular flexibility index (Phi) is 6.21. The second-order valence-corrected chi connectivity index (χ2v) is 8.77. The highest BCUT2D eigenvalue weighted by Crippen LogP contribution is 2.41. The average Bonchev–Trinajstić information content (AvgIpc) is 3.16. The monoisotopic (exact) mass is 480 g/mol. The molecule has 30 heavy (non-hydrogen) atoms. The molecule has 152 valence electrons. The van der Waals surface area contributed by atoms with Crippen molar-refractivity contribution in [1.29, 1.82) is 0 Å². The number of fused-ring (bicyclic) bond motifs is 1. The van der Waals surface area contributed by atoms with Crippen LogP contribution in [0.15, 0.2) is 66.7 Å². The van der Waals surface area contributed by atoms with Crippen LogP contribution in [0.3, 0.4) is 0 Å². The number of thiophene rings is 1. The number of carbonyl (C=O) groups excluding carboxylic acids is 1. The smallest absolute Gasteiger partial charge is 0.195 e. The lowest BCUT2D eigenvalue weighted by molar-refractivity contribution is 0.104. The van der Waals surface area contributed by atoms with Gasteiger partial charge in [-0.2, -0.15) is 0 Å². The first-order valence-electron chi connectivity index (χ1n) is 9.62. The van der Waals surface area contributed by atoms with Crippen molar-refractivity contribution in [2.24, 2.45) is 0 Å². The summed E-state index contributed by atoms with van der Waals surface area (Å²) in [7, 11) is 1.65. The van der Waals surface area contributed by atoms with Gasteiger partial charge in [0, 0.05) is 31.4 Å². The number of alkyl halides is 1. The lowest BCUT2D eigenvalue weighted by Crippen LogP contribution is -2.03. The Hall–Kier alpha value is -2.63. The molecular formula is C25H21BrO3S. The molecule has 3 aromatic carbocycles. The molecule has 0 aliphatic heterocycles. The molecule has 0 fully saturated rings. The molecule has 0 atom stereocenters. The summed E-state index contributed by atoms with van der Waals surface area (Å²) in [6.07, 6.45) is 0. The molecule has 4 aromatic rings. The molecule has 0 amide bonds. The van der Waals surface area contributed by atoms with E-state index in [0.717, 1.165) is 42.9 Å². The van der Waals surface area contributed by atoms with E-state index in [0.29, 0.717) is 12.2 Å². The van der Waals surface area contributed by atoms with Crippen LogP contribution in [0.5, 0.6) is 11.5 Å². The lowest BCUT2D eigenvalue weighted by atomic mass is 9.97. The van der Waals surface area contributed by atoms with Crippen LogP contribution >= 0.6 is 27.3 Å². The lowest BCUT2D eigenvalue weighted by Gasteiger charge is -2.08. The van der Waals surface area contributed by atoms with Crippen LogP contribution < -0.4 is 9.47 Å². The number of rotatable bonds is 7. The van der Waals surface area contributed by atoms with E-state index >= 15 is 0 Å². The van der Waals surface area contributed by atoms with Gasteiger partial charge >= 0.3 is 0 Å². The minimum Gasteiger partial charge on any atom is -0.497 e. The third kappa shape index (κ3) is 4.13. The quantitative estimate of drug-likeness (QED) is 0.213. The Bertz CT molecular complexity index is 1180. The van der Waals surface area contributed by atoms with Crippen LogP contribution in [-0.2, 0) is 0 Å².